The van der Waals surface area contributed by atoms with Gasteiger partial charge < -0.3 is 10.2 Å². The van der Waals surface area contributed by atoms with Crippen molar-refractivity contribution in [1.29, 1.82) is 0 Å². The molecule has 2 N–H and O–H groups in total. The van der Waals surface area contributed by atoms with Gasteiger partial charge in [-0.15, -0.1) is 0 Å². The number of ether oxygens (including phenoxy) is 1. The maximum Gasteiger partial charge on any atom is 0.146 e. The number of rotatable bonds is 6. The molecule has 0 amide bonds. The van der Waals surface area contributed by atoms with Gasteiger partial charge in [0, 0.05) is 12.2 Å². The van der Waals surface area contributed by atoms with Crippen LogP contribution in [0.25, 0.3) is 0 Å². The number of hydrogen-bond acceptors (Lipinski definition) is 3. The largest absolute Gasteiger partial charge is 0.456 e. The lowest BCUT2D eigenvalue weighted by Crippen LogP contribution is -2.20. The van der Waals surface area contributed by atoms with Gasteiger partial charge in [-0.1, -0.05) is 54.1 Å². The zero-order valence-corrected chi connectivity index (χ0v) is 13.3. The molecule has 0 aliphatic heterocycles. The highest BCUT2D eigenvalue weighted by Crippen LogP contribution is 2.28. The van der Waals surface area contributed by atoms with Gasteiger partial charge in [0.15, 0.2) is 0 Å². The summed E-state index contributed by atoms with van der Waals surface area (Å²) in [5.41, 5.74) is 8.53. The molecule has 3 nitrogen and oxygen atoms in total. The molecular weight excluding hydrogens is 308 g/mol. The molecule has 0 aliphatic carbocycles. The van der Waals surface area contributed by atoms with Crippen LogP contribution in [0.1, 0.15) is 5.56 Å². The summed E-state index contributed by atoms with van der Waals surface area (Å²) in [5.74, 6) is 1.42. The van der Waals surface area contributed by atoms with Crippen LogP contribution in [0.3, 0.4) is 0 Å². The number of benzene rings is 3. The van der Waals surface area contributed by atoms with Gasteiger partial charge in [0.1, 0.15) is 11.5 Å². The SMILES string of the molecule is Clc1ccccc1Oc1ccc(CNNc2ccccc2)cc1. The number of halogens is 1. The van der Waals surface area contributed by atoms with Crippen LogP contribution in [0.2, 0.25) is 5.02 Å². The van der Waals surface area contributed by atoms with Crippen molar-refractivity contribution in [3.05, 3.63) is 89.4 Å². The topological polar surface area (TPSA) is 33.3 Å². The number of anilines is 1. The molecule has 0 saturated carbocycles. The Balaban J connectivity index is 1.54. The summed E-state index contributed by atoms with van der Waals surface area (Å²) in [7, 11) is 0. The van der Waals surface area contributed by atoms with Gasteiger partial charge in [-0.3, -0.25) is 0 Å². The molecule has 0 saturated heterocycles. The summed E-state index contributed by atoms with van der Waals surface area (Å²) >= 11 is 6.09. The third-order valence-electron chi connectivity index (χ3n) is 3.29. The second-order valence-corrected chi connectivity index (χ2v) is 5.43. The zero-order valence-electron chi connectivity index (χ0n) is 12.5. The summed E-state index contributed by atoms with van der Waals surface area (Å²) in [6.07, 6.45) is 0. The fourth-order valence-electron chi connectivity index (χ4n) is 2.10. The van der Waals surface area contributed by atoms with Crippen LogP contribution in [0.4, 0.5) is 5.69 Å². The molecule has 0 unspecified atom stereocenters. The Kier molecular flexibility index (Phi) is 5.14. The fourth-order valence-corrected chi connectivity index (χ4v) is 2.27. The quantitative estimate of drug-likeness (QED) is 0.608. The molecule has 0 radical (unpaired) electrons. The van der Waals surface area contributed by atoms with Crippen molar-refractivity contribution >= 4 is 17.3 Å². The fraction of sp³-hybridized carbons (Fsp3) is 0.0526. The van der Waals surface area contributed by atoms with Crippen molar-refractivity contribution in [3.8, 4) is 11.5 Å². The molecule has 0 aromatic heterocycles. The van der Waals surface area contributed by atoms with E-state index in [0.717, 1.165) is 17.0 Å². The standard InChI is InChI=1S/C19H17ClN2O/c20-18-8-4-5-9-19(18)23-17-12-10-15(11-13-17)14-21-22-16-6-2-1-3-7-16/h1-13,21-22H,14H2. The molecule has 0 fully saturated rings. The van der Waals surface area contributed by atoms with Crippen LogP contribution >= 0.6 is 11.6 Å². The predicted octanol–water partition coefficient (Wildman–Crippen LogP) is 5.25. The Morgan fingerprint density at radius 1 is 0.783 bits per heavy atom. The van der Waals surface area contributed by atoms with Crippen molar-refractivity contribution < 1.29 is 4.74 Å². The highest BCUT2D eigenvalue weighted by atomic mass is 35.5. The summed E-state index contributed by atoms with van der Waals surface area (Å²) in [6, 6.07) is 25.3. The Labute approximate surface area is 140 Å². The van der Waals surface area contributed by atoms with E-state index in [9.17, 15) is 0 Å². The van der Waals surface area contributed by atoms with Crippen LogP contribution in [0.15, 0.2) is 78.9 Å². The Bertz CT molecular complexity index is 745. The third-order valence-corrected chi connectivity index (χ3v) is 3.60. The smallest absolute Gasteiger partial charge is 0.146 e. The minimum atomic E-state index is 0.602. The molecule has 0 spiro atoms. The molecule has 0 atom stereocenters. The highest BCUT2D eigenvalue weighted by Gasteiger charge is 2.02. The van der Waals surface area contributed by atoms with E-state index in [0.29, 0.717) is 17.3 Å². The Morgan fingerprint density at radius 3 is 2.22 bits per heavy atom. The second-order valence-electron chi connectivity index (χ2n) is 5.02. The van der Waals surface area contributed by atoms with Gasteiger partial charge in [-0.05, 0) is 42.0 Å². The first-order valence-corrected chi connectivity index (χ1v) is 7.74. The third kappa shape index (κ3) is 4.49. The first-order chi connectivity index (χ1) is 11.3. The molecule has 4 heteroatoms. The number of hydrogen-bond donors (Lipinski definition) is 2. The van der Waals surface area contributed by atoms with Crippen molar-refractivity contribution in [2.75, 3.05) is 5.43 Å². The molecule has 3 rings (SSSR count). The van der Waals surface area contributed by atoms with Crippen LogP contribution in [0.5, 0.6) is 11.5 Å². The maximum absolute atomic E-state index is 6.09. The lowest BCUT2D eigenvalue weighted by Gasteiger charge is -2.10. The van der Waals surface area contributed by atoms with E-state index >= 15 is 0 Å². The second kappa shape index (κ2) is 7.68. The minimum absolute atomic E-state index is 0.602. The Morgan fingerprint density at radius 2 is 1.48 bits per heavy atom. The molecule has 0 heterocycles. The minimum Gasteiger partial charge on any atom is -0.456 e. The first-order valence-electron chi connectivity index (χ1n) is 7.36. The van der Waals surface area contributed by atoms with E-state index in [1.807, 2.05) is 78.9 Å². The molecular formula is C19H17ClN2O. The van der Waals surface area contributed by atoms with Crippen molar-refractivity contribution in [2.45, 2.75) is 6.54 Å². The summed E-state index contributed by atoms with van der Waals surface area (Å²) in [4.78, 5) is 0. The first kappa shape index (κ1) is 15.4. The van der Waals surface area contributed by atoms with Gasteiger partial charge in [0.2, 0.25) is 0 Å². The van der Waals surface area contributed by atoms with Gasteiger partial charge >= 0.3 is 0 Å². The number of nitrogens with one attached hydrogen (secondary N) is 2. The monoisotopic (exact) mass is 324 g/mol. The normalized spacial score (nSPS) is 10.3. The number of hydrazine groups is 1. The van der Waals surface area contributed by atoms with Crippen LogP contribution in [-0.4, -0.2) is 0 Å². The van der Waals surface area contributed by atoms with Gasteiger partial charge in [-0.2, -0.15) is 0 Å². The molecule has 0 bridgehead atoms. The zero-order chi connectivity index (χ0) is 15.9. The van der Waals surface area contributed by atoms with Crippen LogP contribution < -0.4 is 15.6 Å². The van der Waals surface area contributed by atoms with Crippen molar-refractivity contribution in [3.63, 3.8) is 0 Å². The van der Waals surface area contributed by atoms with Crippen molar-refractivity contribution in [2.24, 2.45) is 0 Å². The van der Waals surface area contributed by atoms with Gasteiger partial charge in [0.05, 0.1) is 5.02 Å². The van der Waals surface area contributed by atoms with Gasteiger partial charge in [-0.25, -0.2) is 5.43 Å². The highest BCUT2D eigenvalue weighted by molar-refractivity contribution is 6.32. The average molecular weight is 325 g/mol. The Hall–Kier alpha value is -2.49. The summed E-state index contributed by atoms with van der Waals surface area (Å²) < 4.78 is 5.77. The van der Waals surface area contributed by atoms with Gasteiger partial charge in [0.25, 0.3) is 0 Å². The average Bonchev–Trinajstić information content (AvgIpc) is 2.59. The van der Waals surface area contributed by atoms with Crippen LogP contribution in [0, 0.1) is 0 Å². The molecule has 23 heavy (non-hydrogen) atoms. The number of para-hydroxylation sites is 2. The van der Waals surface area contributed by atoms with E-state index in [2.05, 4.69) is 10.9 Å². The molecule has 3 aromatic rings. The molecule has 0 aliphatic rings. The van der Waals surface area contributed by atoms with E-state index in [4.69, 9.17) is 16.3 Å². The van der Waals surface area contributed by atoms with E-state index < -0.39 is 0 Å². The lowest BCUT2D eigenvalue weighted by atomic mass is 10.2. The maximum atomic E-state index is 6.09. The van der Waals surface area contributed by atoms with E-state index in [1.165, 1.54) is 0 Å². The lowest BCUT2D eigenvalue weighted by molar-refractivity contribution is 0.482. The molecule has 3 aromatic carbocycles. The predicted molar refractivity (Wildman–Crippen MR) is 94.9 cm³/mol. The summed E-state index contributed by atoms with van der Waals surface area (Å²) in [6.45, 7) is 0.710. The summed E-state index contributed by atoms with van der Waals surface area (Å²) in [5, 5.41) is 0.602. The van der Waals surface area contributed by atoms with E-state index in [-0.39, 0.29) is 0 Å². The van der Waals surface area contributed by atoms with E-state index in [1.54, 1.807) is 0 Å². The van der Waals surface area contributed by atoms with Crippen molar-refractivity contribution in [1.82, 2.24) is 5.43 Å². The molecule has 116 valence electrons. The van der Waals surface area contributed by atoms with Crippen LogP contribution in [-0.2, 0) is 6.54 Å².